The monoisotopic (exact) mass is 615 g/mol. The van der Waals surface area contributed by atoms with Gasteiger partial charge in [-0.2, -0.15) is 0 Å². The zero-order chi connectivity index (χ0) is 29.7. The van der Waals surface area contributed by atoms with Gasteiger partial charge in [0.25, 0.3) is 3.79 Å². The van der Waals surface area contributed by atoms with Gasteiger partial charge in [0.1, 0.15) is 5.60 Å². The number of carbonyl (C=O) groups excluding carboxylic acids is 1. The van der Waals surface area contributed by atoms with Crippen molar-refractivity contribution in [3.8, 4) is 0 Å². The summed E-state index contributed by atoms with van der Waals surface area (Å²) in [6.45, 7) is 5.20. The molecule has 0 saturated heterocycles. The van der Waals surface area contributed by atoms with Gasteiger partial charge in [0.15, 0.2) is 18.3 Å². The van der Waals surface area contributed by atoms with Crippen LogP contribution in [-0.4, -0.2) is 40.6 Å². The van der Waals surface area contributed by atoms with Crippen molar-refractivity contribution >= 4 is 46.7 Å². The van der Waals surface area contributed by atoms with Crippen LogP contribution in [0.3, 0.4) is 0 Å². The van der Waals surface area contributed by atoms with Crippen molar-refractivity contribution in [2.45, 2.75) is 48.5 Å². The number of rotatable bonds is 8. The number of alkyl halides is 3. The van der Waals surface area contributed by atoms with Crippen molar-refractivity contribution in [1.82, 2.24) is 0 Å². The molecule has 1 aliphatic rings. The summed E-state index contributed by atoms with van der Waals surface area (Å²) >= 11 is 17.6. The Kier molecular flexibility index (Phi) is 9.70. The van der Waals surface area contributed by atoms with E-state index >= 15 is 0 Å². The zero-order valence-electron chi connectivity index (χ0n) is 22.9. The average molecular weight is 617 g/mol. The zero-order valence-corrected chi connectivity index (χ0v) is 25.2. The van der Waals surface area contributed by atoms with Crippen LogP contribution in [0, 0.1) is 10.8 Å². The first-order valence-corrected chi connectivity index (χ1v) is 14.2. The second kappa shape index (κ2) is 12.9. The molecule has 41 heavy (non-hydrogen) atoms. The molecule has 0 spiro atoms. The SMILES string of the molecule is CC(C)(C)C(=O)O[C@H]1[C@H](OC(=N)C(Cl)(Cl)Cl)C=CO[C@@H]1COC(c1ccccc1)(c1ccccc1)c1ccccc1. The lowest BCUT2D eigenvalue weighted by Gasteiger charge is -2.40. The summed E-state index contributed by atoms with van der Waals surface area (Å²) in [5, 5.41) is 8.11. The number of benzene rings is 3. The van der Waals surface area contributed by atoms with Crippen molar-refractivity contribution in [2.75, 3.05) is 6.61 Å². The molecule has 3 aromatic carbocycles. The Morgan fingerprint density at radius 1 is 0.805 bits per heavy atom. The van der Waals surface area contributed by atoms with Crippen LogP contribution in [0.15, 0.2) is 103 Å². The van der Waals surface area contributed by atoms with E-state index in [1.165, 1.54) is 12.3 Å². The van der Waals surface area contributed by atoms with E-state index in [9.17, 15) is 4.79 Å². The van der Waals surface area contributed by atoms with Crippen LogP contribution in [0.1, 0.15) is 37.5 Å². The summed E-state index contributed by atoms with van der Waals surface area (Å²) in [7, 11) is 0. The molecule has 9 heteroatoms. The van der Waals surface area contributed by atoms with Crippen LogP contribution in [0.25, 0.3) is 0 Å². The normalized spacial score (nSPS) is 19.2. The number of hydrogen-bond donors (Lipinski definition) is 1. The number of hydrogen-bond acceptors (Lipinski definition) is 6. The molecule has 0 aromatic heterocycles. The van der Waals surface area contributed by atoms with E-state index in [0.29, 0.717) is 0 Å². The lowest BCUT2D eigenvalue weighted by Crippen LogP contribution is -2.50. The number of esters is 1. The molecule has 1 N–H and O–H groups in total. The maximum atomic E-state index is 13.0. The lowest BCUT2D eigenvalue weighted by molar-refractivity contribution is -0.179. The summed E-state index contributed by atoms with van der Waals surface area (Å²) < 4.78 is 22.4. The summed E-state index contributed by atoms with van der Waals surface area (Å²) in [5.41, 5.74) is 0.850. The van der Waals surface area contributed by atoms with Gasteiger partial charge < -0.3 is 18.9 Å². The molecule has 4 rings (SSSR count). The molecule has 0 amide bonds. The predicted octanol–water partition coefficient (Wildman–Crippen LogP) is 7.60. The van der Waals surface area contributed by atoms with Crippen LogP contribution in [0.4, 0.5) is 0 Å². The second-order valence-corrected chi connectivity index (χ2v) is 12.9. The fourth-order valence-corrected chi connectivity index (χ4v) is 4.62. The molecule has 0 saturated carbocycles. The molecule has 1 heterocycles. The highest BCUT2D eigenvalue weighted by molar-refractivity contribution is 6.76. The van der Waals surface area contributed by atoms with Gasteiger partial charge in [-0.1, -0.05) is 126 Å². The number of nitrogens with one attached hydrogen (secondary N) is 1. The number of ether oxygens (including phenoxy) is 4. The van der Waals surface area contributed by atoms with E-state index in [1.807, 2.05) is 91.0 Å². The van der Waals surface area contributed by atoms with Gasteiger partial charge in [-0.15, -0.1) is 0 Å². The van der Waals surface area contributed by atoms with Crippen LogP contribution >= 0.6 is 34.8 Å². The van der Waals surface area contributed by atoms with Crippen LogP contribution in [0.5, 0.6) is 0 Å². The fourth-order valence-electron chi connectivity index (χ4n) is 4.48. The summed E-state index contributed by atoms with van der Waals surface area (Å²) in [5.74, 6) is -1.09. The van der Waals surface area contributed by atoms with Gasteiger partial charge in [0.2, 0.25) is 5.90 Å². The average Bonchev–Trinajstić information content (AvgIpc) is 2.95. The van der Waals surface area contributed by atoms with Crippen LogP contribution in [-0.2, 0) is 29.3 Å². The van der Waals surface area contributed by atoms with Crippen molar-refractivity contribution in [1.29, 1.82) is 5.41 Å². The minimum Gasteiger partial charge on any atom is -0.492 e. The maximum absolute atomic E-state index is 13.0. The van der Waals surface area contributed by atoms with Gasteiger partial charge in [-0.05, 0) is 43.5 Å². The topological polar surface area (TPSA) is 77.8 Å². The molecular formula is C32H32Cl3NO5. The Bertz CT molecular complexity index is 1240. The molecule has 6 nitrogen and oxygen atoms in total. The van der Waals surface area contributed by atoms with E-state index in [0.717, 1.165) is 16.7 Å². The van der Waals surface area contributed by atoms with Gasteiger partial charge in [-0.3, -0.25) is 10.2 Å². The summed E-state index contributed by atoms with van der Waals surface area (Å²) in [6.07, 6.45) is 0.128. The minimum atomic E-state index is -2.10. The Labute approximate surface area is 255 Å². The number of halogens is 3. The second-order valence-electron chi connectivity index (χ2n) is 10.6. The lowest BCUT2D eigenvalue weighted by atomic mass is 9.80. The van der Waals surface area contributed by atoms with E-state index in [4.69, 9.17) is 59.2 Å². The van der Waals surface area contributed by atoms with Gasteiger partial charge in [0.05, 0.1) is 18.3 Å². The van der Waals surface area contributed by atoms with Crippen LogP contribution < -0.4 is 0 Å². The fraction of sp³-hybridized carbons (Fsp3) is 0.312. The Hall–Kier alpha value is -3.03. The third kappa shape index (κ3) is 7.25. The first-order valence-electron chi connectivity index (χ1n) is 13.1. The smallest absolute Gasteiger partial charge is 0.311 e. The molecule has 0 radical (unpaired) electrons. The van der Waals surface area contributed by atoms with Crippen molar-refractivity contribution in [3.05, 3.63) is 120 Å². The molecule has 0 fully saturated rings. The summed E-state index contributed by atoms with van der Waals surface area (Å²) in [4.78, 5) is 13.0. The Morgan fingerprint density at radius 3 is 1.68 bits per heavy atom. The minimum absolute atomic E-state index is 0.0218. The summed E-state index contributed by atoms with van der Waals surface area (Å²) in [6, 6.07) is 29.6. The molecule has 3 atom stereocenters. The van der Waals surface area contributed by atoms with Crippen molar-refractivity contribution in [2.24, 2.45) is 5.41 Å². The third-order valence-electron chi connectivity index (χ3n) is 6.58. The molecule has 0 unspecified atom stereocenters. The highest BCUT2D eigenvalue weighted by Gasteiger charge is 2.45. The van der Waals surface area contributed by atoms with Gasteiger partial charge >= 0.3 is 5.97 Å². The van der Waals surface area contributed by atoms with E-state index in [-0.39, 0.29) is 6.61 Å². The quantitative estimate of drug-likeness (QED) is 0.0927. The third-order valence-corrected chi connectivity index (χ3v) is 7.10. The first-order chi connectivity index (χ1) is 19.4. The van der Waals surface area contributed by atoms with E-state index in [2.05, 4.69) is 0 Å². The van der Waals surface area contributed by atoms with E-state index < -0.39 is 45.0 Å². The Balaban J connectivity index is 1.75. The van der Waals surface area contributed by atoms with Crippen molar-refractivity contribution < 1.29 is 23.7 Å². The maximum Gasteiger partial charge on any atom is 0.311 e. The largest absolute Gasteiger partial charge is 0.492 e. The highest BCUT2D eigenvalue weighted by Crippen LogP contribution is 2.41. The predicted molar refractivity (Wildman–Crippen MR) is 161 cm³/mol. The molecule has 0 bridgehead atoms. The molecule has 0 aliphatic carbocycles. The Morgan fingerprint density at radius 2 is 1.27 bits per heavy atom. The first kappa shape index (κ1) is 30.9. The van der Waals surface area contributed by atoms with Gasteiger partial charge in [-0.25, -0.2) is 0 Å². The standard InChI is InChI=1S/C32H32Cl3NO5/c1-30(2,3)29(37)41-27-25(40-28(36)32(33,34)35)19-20-38-26(27)21-39-31(22-13-7-4-8-14-22,23-15-9-5-10-16-23)24-17-11-6-12-18-24/h4-20,25-27,36H,21H2,1-3H3/t25-,26-,27+/m1/s1. The van der Waals surface area contributed by atoms with Crippen molar-refractivity contribution in [3.63, 3.8) is 0 Å². The highest BCUT2D eigenvalue weighted by atomic mass is 35.6. The molecule has 1 aliphatic heterocycles. The van der Waals surface area contributed by atoms with Crippen LogP contribution in [0.2, 0.25) is 0 Å². The van der Waals surface area contributed by atoms with E-state index in [1.54, 1.807) is 20.8 Å². The van der Waals surface area contributed by atoms with Gasteiger partial charge in [0, 0.05) is 0 Å². The molecule has 216 valence electrons. The molecular weight excluding hydrogens is 585 g/mol. The molecule has 3 aromatic rings. The number of carbonyl (C=O) groups is 1.